The number of thiazole rings is 1. The fraction of sp³-hybridized carbons (Fsp3) is 0.154. The Kier molecular flexibility index (Phi) is 4.25. The number of nitrogens with one attached hydrogen (secondary N) is 2. The number of aromatic nitrogens is 1. The first-order valence-electron chi connectivity index (χ1n) is 5.80. The topological polar surface area (TPSA) is 71.1 Å². The number of benzene rings is 1. The largest absolute Gasteiger partial charge is 0.348 e. The zero-order valence-corrected chi connectivity index (χ0v) is 11.2. The van der Waals surface area contributed by atoms with Crippen molar-refractivity contribution in [1.29, 1.82) is 0 Å². The molecule has 1 aromatic heterocycles. The normalized spacial score (nSPS) is 9.95. The van der Waals surface area contributed by atoms with Crippen LogP contribution in [-0.4, -0.2) is 23.3 Å². The molecule has 0 aliphatic rings. The van der Waals surface area contributed by atoms with Gasteiger partial charge in [-0.3, -0.25) is 9.59 Å². The Labute approximate surface area is 114 Å². The molecule has 1 aromatic carbocycles. The number of rotatable bonds is 3. The summed E-state index contributed by atoms with van der Waals surface area (Å²) >= 11 is 1.54. The Hall–Kier alpha value is -2.21. The maximum atomic E-state index is 11.5. The molecule has 0 bridgehead atoms. The third-order valence-corrected chi connectivity index (χ3v) is 3.19. The molecule has 2 amide bonds. The number of carbonyl (C=O) groups excluding carboxylic acids is 2. The van der Waals surface area contributed by atoms with Gasteiger partial charge in [0.2, 0.25) is 0 Å². The van der Waals surface area contributed by atoms with Gasteiger partial charge in [0.05, 0.1) is 0 Å². The lowest BCUT2D eigenvalue weighted by Gasteiger charge is -2.05. The highest BCUT2D eigenvalue weighted by atomic mass is 32.1. The molecule has 0 spiro atoms. The van der Waals surface area contributed by atoms with E-state index in [-0.39, 0.29) is 0 Å². The van der Waals surface area contributed by atoms with Crippen LogP contribution in [0.5, 0.6) is 0 Å². The first-order valence-corrected chi connectivity index (χ1v) is 6.67. The standard InChI is InChI=1S/C13H13N3O2S/c1-2-14-11(17)12(18)16-10-5-3-9(4-6-10)13-15-7-8-19-13/h3-8H,2H2,1H3,(H,14,17)(H,16,18). The van der Waals surface area contributed by atoms with Crippen LogP contribution in [0.15, 0.2) is 35.8 Å². The molecule has 0 radical (unpaired) electrons. The first-order chi connectivity index (χ1) is 9.20. The van der Waals surface area contributed by atoms with Gasteiger partial charge in [-0.05, 0) is 31.2 Å². The summed E-state index contributed by atoms with van der Waals surface area (Å²) in [5.41, 5.74) is 1.56. The van der Waals surface area contributed by atoms with Crippen molar-refractivity contribution >= 4 is 28.8 Å². The van der Waals surface area contributed by atoms with Crippen molar-refractivity contribution in [3.8, 4) is 10.6 Å². The van der Waals surface area contributed by atoms with E-state index in [4.69, 9.17) is 0 Å². The van der Waals surface area contributed by atoms with E-state index in [1.165, 1.54) is 0 Å². The first kappa shape index (κ1) is 13.2. The van der Waals surface area contributed by atoms with E-state index < -0.39 is 11.8 Å². The minimum absolute atomic E-state index is 0.426. The molecule has 98 valence electrons. The monoisotopic (exact) mass is 275 g/mol. The predicted octanol–water partition coefficient (Wildman–Crippen LogP) is 1.88. The summed E-state index contributed by atoms with van der Waals surface area (Å²) in [5, 5.41) is 7.79. The van der Waals surface area contributed by atoms with Gasteiger partial charge in [-0.2, -0.15) is 0 Å². The highest BCUT2D eigenvalue weighted by molar-refractivity contribution is 7.13. The van der Waals surface area contributed by atoms with E-state index in [0.29, 0.717) is 12.2 Å². The summed E-state index contributed by atoms with van der Waals surface area (Å²) in [5.74, 6) is -1.30. The van der Waals surface area contributed by atoms with Gasteiger partial charge in [-0.15, -0.1) is 11.3 Å². The molecule has 0 fully saturated rings. The number of amides is 2. The molecule has 0 saturated carbocycles. The van der Waals surface area contributed by atoms with Crippen molar-refractivity contribution in [2.45, 2.75) is 6.92 Å². The summed E-state index contributed by atoms with van der Waals surface area (Å²) in [7, 11) is 0. The third-order valence-electron chi connectivity index (χ3n) is 2.37. The Morgan fingerprint density at radius 2 is 1.95 bits per heavy atom. The highest BCUT2D eigenvalue weighted by Crippen LogP contribution is 2.23. The Morgan fingerprint density at radius 1 is 1.21 bits per heavy atom. The zero-order chi connectivity index (χ0) is 13.7. The van der Waals surface area contributed by atoms with Gasteiger partial charge in [-0.1, -0.05) is 0 Å². The Bertz CT molecular complexity index is 564. The van der Waals surface area contributed by atoms with Crippen LogP contribution in [0.2, 0.25) is 0 Å². The van der Waals surface area contributed by atoms with Crippen LogP contribution in [0.25, 0.3) is 10.6 Å². The van der Waals surface area contributed by atoms with E-state index >= 15 is 0 Å². The van der Waals surface area contributed by atoms with Crippen LogP contribution in [0, 0.1) is 0 Å². The van der Waals surface area contributed by atoms with Gasteiger partial charge in [0.25, 0.3) is 0 Å². The number of nitrogens with zero attached hydrogens (tertiary/aromatic N) is 1. The maximum absolute atomic E-state index is 11.5. The van der Waals surface area contributed by atoms with Crippen LogP contribution in [0.1, 0.15) is 6.92 Å². The van der Waals surface area contributed by atoms with Crippen LogP contribution < -0.4 is 10.6 Å². The maximum Gasteiger partial charge on any atom is 0.313 e. The lowest BCUT2D eigenvalue weighted by molar-refractivity contribution is -0.136. The molecule has 0 unspecified atom stereocenters. The van der Waals surface area contributed by atoms with Crippen LogP contribution in [-0.2, 0) is 9.59 Å². The van der Waals surface area contributed by atoms with Crippen LogP contribution in [0.4, 0.5) is 5.69 Å². The smallest absolute Gasteiger partial charge is 0.313 e. The van der Waals surface area contributed by atoms with E-state index in [0.717, 1.165) is 10.6 Å². The van der Waals surface area contributed by atoms with Crippen molar-refractivity contribution in [2.75, 3.05) is 11.9 Å². The highest BCUT2D eigenvalue weighted by Gasteiger charge is 2.12. The van der Waals surface area contributed by atoms with E-state index in [2.05, 4.69) is 15.6 Å². The van der Waals surface area contributed by atoms with Crippen molar-refractivity contribution in [3.63, 3.8) is 0 Å². The molecule has 19 heavy (non-hydrogen) atoms. The fourth-order valence-electron chi connectivity index (χ4n) is 1.49. The average molecular weight is 275 g/mol. The fourth-order valence-corrected chi connectivity index (χ4v) is 2.14. The molecule has 2 aromatic rings. The third kappa shape index (κ3) is 3.38. The van der Waals surface area contributed by atoms with Crippen molar-refractivity contribution in [1.82, 2.24) is 10.3 Å². The number of anilines is 1. The number of likely N-dealkylation sites (N-methyl/N-ethyl adjacent to an activating group) is 1. The molecule has 0 atom stereocenters. The number of carbonyl (C=O) groups is 2. The van der Waals surface area contributed by atoms with Gasteiger partial charge in [0.1, 0.15) is 5.01 Å². The molecule has 2 N–H and O–H groups in total. The van der Waals surface area contributed by atoms with Crippen LogP contribution >= 0.6 is 11.3 Å². The lowest BCUT2D eigenvalue weighted by atomic mass is 10.2. The summed E-state index contributed by atoms with van der Waals surface area (Å²) < 4.78 is 0. The van der Waals surface area contributed by atoms with E-state index in [1.807, 2.05) is 17.5 Å². The summed E-state index contributed by atoms with van der Waals surface area (Å²) in [6, 6.07) is 7.19. The molecule has 0 aliphatic heterocycles. The number of hydrogen-bond donors (Lipinski definition) is 2. The molecule has 0 saturated heterocycles. The van der Waals surface area contributed by atoms with Gasteiger partial charge in [0, 0.05) is 29.4 Å². The van der Waals surface area contributed by atoms with Crippen molar-refractivity contribution in [2.24, 2.45) is 0 Å². The Morgan fingerprint density at radius 3 is 2.53 bits per heavy atom. The molecule has 2 rings (SSSR count). The minimum Gasteiger partial charge on any atom is -0.348 e. The van der Waals surface area contributed by atoms with Crippen molar-refractivity contribution in [3.05, 3.63) is 35.8 Å². The second kappa shape index (κ2) is 6.10. The SMILES string of the molecule is CCNC(=O)C(=O)Nc1ccc(-c2nccs2)cc1. The van der Waals surface area contributed by atoms with Gasteiger partial charge >= 0.3 is 11.8 Å². The van der Waals surface area contributed by atoms with E-state index in [1.54, 1.807) is 36.6 Å². The summed E-state index contributed by atoms with van der Waals surface area (Å²) in [4.78, 5) is 26.9. The lowest BCUT2D eigenvalue weighted by Crippen LogP contribution is -2.35. The van der Waals surface area contributed by atoms with Gasteiger partial charge in [-0.25, -0.2) is 4.98 Å². The summed E-state index contributed by atoms with van der Waals surface area (Å²) in [6.45, 7) is 2.18. The molecule has 5 nitrogen and oxygen atoms in total. The zero-order valence-electron chi connectivity index (χ0n) is 10.3. The molecule has 0 aliphatic carbocycles. The van der Waals surface area contributed by atoms with E-state index in [9.17, 15) is 9.59 Å². The Balaban J connectivity index is 2.03. The molecular weight excluding hydrogens is 262 g/mol. The van der Waals surface area contributed by atoms with Gasteiger partial charge < -0.3 is 10.6 Å². The number of hydrogen-bond acceptors (Lipinski definition) is 4. The summed E-state index contributed by atoms with van der Waals surface area (Å²) in [6.07, 6.45) is 1.74. The van der Waals surface area contributed by atoms with Crippen molar-refractivity contribution < 1.29 is 9.59 Å². The van der Waals surface area contributed by atoms with Gasteiger partial charge in [0.15, 0.2) is 0 Å². The minimum atomic E-state index is -0.663. The molecule has 1 heterocycles. The average Bonchev–Trinajstić information content (AvgIpc) is 2.94. The van der Waals surface area contributed by atoms with Crippen LogP contribution in [0.3, 0.4) is 0 Å². The molecular formula is C13H13N3O2S. The predicted molar refractivity (Wildman–Crippen MR) is 74.9 cm³/mol. The quantitative estimate of drug-likeness (QED) is 0.840. The second-order valence-corrected chi connectivity index (χ2v) is 4.62. The molecule has 6 heteroatoms. The second-order valence-electron chi connectivity index (χ2n) is 3.73.